The molecule has 6 heteroatoms. The van der Waals surface area contributed by atoms with Crippen molar-refractivity contribution in [2.45, 2.75) is 0 Å². The third kappa shape index (κ3) is 4.81. The van der Waals surface area contributed by atoms with Gasteiger partial charge in [-0.15, -0.1) is 4.20 Å². The highest BCUT2D eigenvalue weighted by molar-refractivity contribution is 14.1. The van der Waals surface area contributed by atoms with Crippen LogP contribution in [0.1, 0.15) is 0 Å². The zero-order valence-corrected chi connectivity index (χ0v) is 5.52. The fourth-order valence-corrected chi connectivity index (χ4v) is 0. The van der Waals surface area contributed by atoms with E-state index < -0.39 is 7.91 Å². The van der Waals surface area contributed by atoms with E-state index >= 15 is 0 Å². The third-order valence-electron chi connectivity index (χ3n) is 0.0851. The molecule has 0 fully saturated rings. The Kier molecular flexibility index (Phi) is 2.50. The summed E-state index contributed by atoms with van der Waals surface area (Å²) in [7, 11) is -4.66. The lowest BCUT2D eigenvalue weighted by molar-refractivity contribution is 0.363. The van der Waals surface area contributed by atoms with E-state index in [0.717, 1.165) is 23.0 Å². The van der Waals surface area contributed by atoms with E-state index in [9.17, 15) is 8.76 Å². The fourth-order valence-electron chi connectivity index (χ4n) is 0. The molecular weight excluding hydrogens is 225 g/mol. The van der Waals surface area contributed by atoms with Crippen molar-refractivity contribution >= 4 is 30.9 Å². The Morgan fingerprint density at radius 2 is 2.17 bits per heavy atom. The first-order valence-electron chi connectivity index (χ1n) is 0.888. The van der Waals surface area contributed by atoms with Crippen molar-refractivity contribution in [2.24, 2.45) is 0 Å². The van der Waals surface area contributed by atoms with Crippen molar-refractivity contribution in [3.05, 3.63) is 0 Å². The van der Waals surface area contributed by atoms with Crippen LogP contribution in [-0.2, 0) is 7.42 Å². The molecule has 0 rings (SSSR count). The number of rotatable bonds is 1. The lowest BCUT2D eigenvalue weighted by Gasteiger charge is -1.87. The first-order valence-corrected chi connectivity index (χ1v) is 3.24. The molecule has 0 heterocycles. The summed E-state index contributed by atoms with van der Waals surface area (Å²) in [6, 6.07) is 0. The molecule has 0 radical (unpaired) electrons. The van der Waals surface area contributed by atoms with Crippen LogP contribution in [0.2, 0.25) is 0 Å². The van der Waals surface area contributed by atoms with Gasteiger partial charge in [0.05, 0.1) is 0 Å². The molecule has 1 N–H and O–H groups in total. The first kappa shape index (κ1) is 6.81. The maximum atomic E-state index is 11.0. The van der Waals surface area contributed by atoms with Crippen LogP contribution in [0, 0.1) is 0 Å². The van der Waals surface area contributed by atoms with Crippen LogP contribution in [0.15, 0.2) is 0 Å². The van der Waals surface area contributed by atoms with E-state index in [-0.39, 0.29) is 0 Å². The van der Waals surface area contributed by atoms with E-state index in [1.807, 2.05) is 0 Å². The highest BCUT2D eigenvalue weighted by atomic mass is 127. The van der Waals surface area contributed by atoms with Crippen molar-refractivity contribution in [3.8, 4) is 0 Å². The Morgan fingerprint density at radius 1 is 2.00 bits per heavy atom. The summed E-state index contributed by atoms with van der Waals surface area (Å²) in [6.07, 6.45) is 0. The highest BCUT2D eigenvalue weighted by Crippen LogP contribution is 2.45. The second-order valence-electron chi connectivity index (χ2n) is 0.520. The third-order valence-corrected chi connectivity index (χ3v) is 1.71. The largest absolute Gasteiger partial charge is 0.520 e. The van der Waals surface area contributed by atoms with Crippen LogP contribution in [0.4, 0.5) is 4.20 Å². The molecule has 1 unspecified atom stereocenters. The predicted molar refractivity (Wildman–Crippen MR) is 26.0 cm³/mol. The Hall–Kier alpha value is 0.810. The molecule has 0 aromatic rings. The Morgan fingerprint density at radius 3 is 2.17 bits per heavy atom. The van der Waals surface area contributed by atoms with Gasteiger partial charge >= 0.3 is 7.91 Å². The van der Waals surface area contributed by atoms with Crippen molar-refractivity contribution < 1.29 is 16.5 Å². The average molecular weight is 226 g/mol. The lowest BCUT2D eigenvalue weighted by atomic mass is 15.8. The smallest absolute Gasteiger partial charge is 0.299 e. The number of hydrogen-bond donors (Lipinski definition) is 1. The summed E-state index contributed by atoms with van der Waals surface area (Å²) in [5, 5.41) is 0. The summed E-state index contributed by atoms with van der Waals surface area (Å²) < 4.78 is 23.6. The summed E-state index contributed by atoms with van der Waals surface area (Å²) in [5.41, 5.74) is 0. The van der Waals surface area contributed by atoms with Gasteiger partial charge in [-0.25, -0.2) is 7.42 Å². The molecule has 0 aromatic heterocycles. The molecule has 0 amide bonds. The van der Waals surface area contributed by atoms with Crippen LogP contribution in [0.5, 0.6) is 0 Å². The molecule has 0 aromatic carbocycles. The zero-order valence-electron chi connectivity index (χ0n) is 2.47. The normalized spacial score (nSPS) is 19.8. The van der Waals surface area contributed by atoms with Crippen LogP contribution in [0.25, 0.3) is 0 Å². The topological polar surface area (TPSA) is 46.5 Å². The molecule has 0 aliphatic carbocycles. The first-order chi connectivity index (χ1) is 2.56. The van der Waals surface area contributed by atoms with Gasteiger partial charge in [-0.2, -0.15) is 0 Å². The predicted octanol–water partition coefficient (Wildman–Crippen LogP) is 1.42. The molecule has 1 atom stereocenters. The Labute approximate surface area is 47.8 Å². The summed E-state index contributed by atoms with van der Waals surface area (Å²) in [4.78, 5) is 7.49. The van der Waals surface area contributed by atoms with Gasteiger partial charge in [-0.1, -0.05) is 0 Å². The maximum Gasteiger partial charge on any atom is 0.520 e. The molecule has 38 valence electrons. The molecule has 0 spiro atoms. The molecule has 3 nitrogen and oxygen atoms in total. The van der Waals surface area contributed by atoms with E-state index in [2.05, 4.69) is 2.85 Å². The molecule has 0 saturated carbocycles. The Bertz CT molecular complexity index is 74.9. The van der Waals surface area contributed by atoms with Gasteiger partial charge in [0.1, 0.15) is 23.0 Å². The summed E-state index contributed by atoms with van der Waals surface area (Å²) in [6.45, 7) is 0. The van der Waals surface area contributed by atoms with Gasteiger partial charge < -0.3 is 0 Å². The standard InChI is InChI=1S/FHIO3P/c1-6(3,4)5-2/h(H,3,4). The number of hydrogen-bond acceptors (Lipinski definition) is 2. The van der Waals surface area contributed by atoms with Crippen molar-refractivity contribution in [1.82, 2.24) is 0 Å². The van der Waals surface area contributed by atoms with Gasteiger partial charge in [0.15, 0.2) is 0 Å². The van der Waals surface area contributed by atoms with Crippen LogP contribution >= 0.6 is 30.9 Å². The van der Waals surface area contributed by atoms with Crippen molar-refractivity contribution in [2.75, 3.05) is 0 Å². The van der Waals surface area contributed by atoms with Crippen LogP contribution in [0.3, 0.4) is 0 Å². The quantitative estimate of drug-likeness (QED) is 0.543. The molecule has 0 bridgehead atoms. The van der Waals surface area contributed by atoms with E-state index in [4.69, 9.17) is 4.89 Å². The average Bonchev–Trinajstić information content (AvgIpc) is 1.35. The minimum absolute atomic E-state index is 1.01. The van der Waals surface area contributed by atoms with Gasteiger partial charge in [-0.05, 0) is 0 Å². The Balaban J connectivity index is 3.48. The van der Waals surface area contributed by atoms with Crippen LogP contribution in [-0.4, -0.2) is 4.89 Å². The highest BCUT2D eigenvalue weighted by Gasteiger charge is 2.13. The lowest BCUT2D eigenvalue weighted by Crippen LogP contribution is -1.61. The van der Waals surface area contributed by atoms with Gasteiger partial charge in [0.2, 0.25) is 0 Å². The second-order valence-corrected chi connectivity index (χ2v) is 2.74. The zero-order chi connectivity index (χ0) is 5.21. The number of halogens is 2. The second kappa shape index (κ2) is 2.20. The maximum absolute atomic E-state index is 11.0. The summed E-state index contributed by atoms with van der Waals surface area (Å²) in [5.74, 6) is 0. The summed E-state index contributed by atoms with van der Waals surface area (Å²) >= 11 is 1.01. The molecule has 0 aliphatic heterocycles. The molecule has 6 heavy (non-hydrogen) atoms. The van der Waals surface area contributed by atoms with Crippen LogP contribution < -0.4 is 0 Å². The minimum atomic E-state index is -4.66. The van der Waals surface area contributed by atoms with Gasteiger partial charge in [-0.3, -0.25) is 4.89 Å². The van der Waals surface area contributed by atoms with Crippen molar-refractivity contribution in [3.63, 3.8) is 0 Å². The minimum Gasteiger partial charge on any atom is -0.299 e. The molecule has 0 aliphatic rings. The van der Waals surface area contributed by atoms with Crippen molar-refractivity contribution in [1.29, 1.82) is 0 Å². The van der Waals surface area contributed by atoms with E-state index in [1.165, 1.54) is 0 Å². The van der Waals surface area contributed by atoms with E-state index in [0.29, 0.717) is 0 Å². The monoisotopic (exact) mass is 226 g/mol. The molecular formula is HFIO3P. The SMILES string of the molecule is O=P(O)(F)OI. The molecule has 0 saturated heterocycles. The van der Waals surface area contributed by atoms with Gasteiger partial charge in [0, 0.05) is 0 Å². The fraction of sp³-hybridized carbons (Fsp3) is 0. The van der Waals surface area contributed by atoms with E-state index in [1.54, 1.807) is 0 Å². The van der Waals surface area contributed by atoms with Gasteiger partial charge in [0.25, 0.3) is 0 Å².